The number of hydrogen-bond acceptors (Lipinski definition) is 5. The standard InChI is InChI=1S/C34H65NO6S/c1-3-5-7-9-11-13-15-17-19-20-22-24-26-28-32(36)31(30-42(39,40)41)35-34(38)33(37)29-27-25-23-21-18-16-14-12-10-8-6-4-2/h18,21,26,28,31-33,36-37H,3-17,19-20,22-25,27,29-30H2,1-2H3,(H,35,38)(H,39,40,41)/b21-18-,28-26+. The molecule has 0 aromatic carbocycles. The Morgan fingerprint density at radius 1 is 0.643 bits per heavy atom. The number of nitrogens with one attached hydrogen (secondary N) is 1. The molecule has 0 aliphatic carbocycles. The lowest BCUT2D eigenvalue weighted by Gasteiger charge is -2.22. The van der Waals surface area contributed by atoms with Gasteiger partial charge in [-0.25, -0.2) is 0 Å². The number of allylic oxidation sites excluding steroid dienone is 3. The first-order valence-corrected chi connectivity index (χ1v) is 18.8. The molecular weight excluding hydrogens is 550 g/mol. The van der Waals surface area contributed by atoms with Gasteiger partial charge >= 0.3 is 0 Å². The molecule has 42 heavy (non-hydrogen) atoms. The van der Waals surface area contributed by atoms with E-state index in [1.54, 1.807) is 6.08 Å². The molecule has 0 aliphatic heterocycles. The van der Waals surface area contributed by atoms with Gasteiger partial charge in [0.25, 0.3) is 10.1 Å². The van der Waals surface area contributed by atoms with Crippen molar-refractivity contribution in [3.63, 3.8) is 0 Å². The molecule has 0 saturated heterocycles. The Bertz CT molecular complexity index is 783. The van der Waals surface area contributed by atoms with Crippen LogP contribution in [-0.4, -0.2) is 53.1 Å². The molecule has 1 amide bonds. The second kappa shape index (κ2) is 28.5. The summed E-state index contributed by atoms with van der Waals surface area (Å²) in [4.78, 5) is 12.5. The monoisotopic (exact) mass is 615 g/mol. The van der Waals surface area contributed by atoms with Crippen molar-refractivity contribution in [3.8, 4) is 0 Å². The quantitative estimate of drug-likeness (QED) is 0.0367. The summed E-state index contributed by atoms with van der Waals surface area (Å²) in [6.07, 6.45) is 30.9. The number of carbonyl (C=O) groups excluding carboxylic acids is 1. The summed E-state index contributed by atoms with van der Waals surface area (Å²) in [5.74, 6) is -1.56. The highest BCUT2D eigenvalue weighted by atomic mass is 32.2. The Hall–Kier alpha value is -1.22. The van der Waals surface area contributed by atoms with Gasteiger partial charge in [-0.1, -0.05) is 141 Å². The maximum Gasteiger partial charge on any atom is 0.267 e. The van der Waals surface area contributed by atoms with Crippen LogP contribution in [0.15, 0.2) is 24.3 Å². The Morgan fingerprint density at radius 2 is 1.05 bits per heavy atom. The molecule has 0 saturated carbocycles. The fourth-order valence-electron chi connectivity index (χ4n) is 5.04. The van der Waals surface area contributed by atoms with Crippen molar-refractivity contribution in [1.82, 2.24) is 5.32 Å². The first kappa shape index (κ1) is 40.8. The number of unbranched alkanes of at least 4 members (excludes halogenated alkanes) is 19. The molecule has 0 rings (SSSR count). The minimum absolute atomic E-state index is 0.250. The molecule has 0 radical (unpaired) electrons. The Balaban J connectivity index is 4.22. The van der Waals surface area contributed by atoms with Gasteiger partial charge < -0.3 is 15.5 Å². The second-order valence-electron chi connectivity index (χ2n) is 11.9. The lowest BCUT2D eigenvalue weighted by Crippen LogP contribution is -2.50. The van der Waals surface area contributed by atoms with Crippen molar-refractivity contribution in [3.05, 3.63) is 24.3 Å². The average molecular weight is 616 g/mol. The normalized spacial score (nSPS) is 14.5. The lowest BCUT2D eigenvalue weighted by molar-refractivity contribution is -0.130. The smallest absolute Gasteiger partial charge is 0.267 e. The first-order chi connectivity index (χ1) is 20.2. The van der Waals surface area contributed by atoms with Gasteiger partial charge in [-0.3, -0.25) is 9.35 Å². The maximum atomic E-state index is 12.5. The van der Waals surface area contributed by atoms with Gasteiger partial charge in [0.2, 0.25) is 5.91 Å². The molecule has 4 N–H and O–H groups in total. The fourth-order valence-corrected chi connectivity index (χ4v) is 5.77. The molecule has 0 bridgehead atoms. The van der Waals surface area contributed by atoms with Crippen molar-refractivity contribution in [2.24, 2.45) is 0 Å². The molecule has 8 heteroatoms. The Labute approximate surface area is 258 Å². The number of rotatable bonds is 30. The van der Waals surface area contributed by atoms with E-state index in [2.05, 4.69) is 31.3 Å². The number of hydrogen-bond donors (Lipinski definition) is 4. The third-order valence-electron chi connectivity index (χ3n) is 7.73. The molecule has 0 aliphatic rings. The summed E-state index contributed by atoms with van der Waals surface area (Å²) in [7, 11) is -4.44. The number of amides is 1. The van der Waals surface area contributed by atoms with Gasteiger partial charge in [-0.05, 0) is 44.9 Å². The predicted octanol–water partition coefficient (Wildman–Crippen LogP) is 8.21. The van der Waals surface area contributed by atoms with Crippen LogP contribution in [0.3, 0.4) is 0 Å². The van der Waals surface area contributed by atoms with Crippen LogP contribution in [0.4, 0.5) is 0 Å². The van der Waals surface area contributed by atoms with Crippen LogP contribution in [0.2, 0.25) is 0 Å². The molecule has 0 spiro atoms. The van der Waals surface area contributed by atoms with Crippen molar-refractivity contribution < 1.29 is 28.0 Å². The van der Waals surface area contributed by atoms with Crippen molar-refractivity contribution in [2.45, 2.75) is 180 Å². The highest BCUT2D eigenvalue weighted by Crippen LogP contribution is 2.13. The van der Waals surface area contributed by atoms with Crippen LogP contribution in [0.1, 0.15) is 162 Å². The second-order valence-corrected chi connectivity index (χ2v) is 13.4. The highest BCUT2D eigenvalue weighted by Gasteiger charge is 2.27. The van der Waals surface area contributed by atoms with Crippen LogP contribution in [0, 0.1) is 0 Å². The molecule has 3 unspecified atom stereocenters. The zero-order valence-corrected chi connectivity index (χ0v) is 27.8. The van der Waals surface area contributed by atoms with Crippen LogP contribution in [0.25, 0.3) is 0 Å². The summed E-state index contributed by atoms with van der Waals surface area (Å²) in [5.41, 5.74) is 0. The largest absolute Gasteiger partial charge is 0.387 e. The van der Waals surface area contributed by atoms with E-state index in [9.17, 15) is 28.0 Å². The molecule has 248 valence electrons. The average Bonchev–Trinajstić information content (AvgIpc) is 2.94. The highest BCUT2D eigenvalue weighted by molar-refractivity contribution is 7.85. The van der Waals surface area contributed by atoms with Crippen molar-refractivity contribution in [1.29, 1.82) is 0 Å². The van der Waals surface area contributed by atoms with Gasteiger partial charge in [0.1, 0.15) is 6.10 Å². The van der Waals surface area contributed by atoms with Crippen LogP contribution >= 0.6 is 0 Å². The lowest BCUT2D eigenvalue weighted by atomic mass is 10.0. The van der Waals surface area contributed by atoms with Crippen molar-refractivity contribution in [2.75, 3.05) is 5.75 Å². The van der Waals surface area contributed by atoms with E-state index in [1.807, 2.05) is 0 Å². The Kier molecular flexibility index (Phi) is 27.7. The van der Waals surface area contributed by atoms with Gasteiger partial charge in [0.05, 0.1) is 17.9 Å². The molecular formula is C34H65NO6S. The van der Waals surface area contributed by atoms with E-state index in [0.29, 0.717) is 6.42 Å². The van der Waals surface area contributed by atoms with E-state index in [1.165, 1.54) is 102 Å². The Morgan fingerprint density at radius 3 is 1.50 bits per heavy atom. The zero-order chi connectivity index (χ0) is 31.3. The summed E-state index contributed by atoms with van der Waals surface area (Å²) >= 11 is 0. The summed E-state index contributed by atoms with van der Waals surface area (Å²) in [5, 5.41) is 23.2. The van der Waals surface area contributed by atoms with E-state index < -0.39 is 40.0 Å². The third-order valence-corrected chi connectivity index (χ3v) is 8.51. The molecule has 0 aromatic rings. The number of aliphatic hydroxyl groups excluding tert-OH is 2. The van der Waals surface area contributed by atoms with Crippen molar-refractivity contribution >= 4 is 16.0 Å². The van der Waals surface area contributed by atoms with Crippen LogP contribution < -0.4 is 5.32 Å². The van der Waals surface area contributed by atoms with E-state index >= 15 is 0 Å². The van der Waals surface area contributed by atoms with E-state index in [0.717, 1.165) is 38.5 Å². The van der Waals surface area contributed by atoms with Gasteiger partial charge in [0, 0.05) is 0 Å². The van der Waals surface area contributed by atoms with E-state index in [4.69, 9.17) is 0 Å². The molecule has 0 heterocycles. The summed E-state index contributed by atoms with van der Waals surface area (Å²) in [6, 6.07) is -1.24. The fraction of sp³-hybridized carbons (Fsp3) is 0.853. The third kappa shape index (κ3) is 27.6. The molecule has 7 nitrogen and oxygen atoms in total. The minimum atomic E-state index is -4.44. The summed E-state index contributed by atoms with van der Waals surface area (Å²) in [6.45, 7) is 4.45. The maximum absolute atomic E-state index is 12.5. The SMILES string of the molecule is CCCCCCCC/C=C\CCCCC(O)C(=O)NC(CS(=O)(=O)O)C(O)/C=C/CCCCCCCCCCCCC. The minimum Gasteiger partial charge on any atom is -0.387 e. The first-order valence-electron chi connectivity index (χ1n) is 17.1. The zero-order valence-electron chi connectivity index (χ0n) is 27.0. The molecule has 3 atom stereocenters. The number of carbonyl (C=O) groups is 1. The van der Waals surface area contributed by atoms with E-state index in [-0.39, 0.29) is 6.42 Å². The van der Waals surface area contributed by atoms with Gasteiger partial charge in [0.15, 0.2) is 0 Å². The number of aliphatic hydroxyl groups is 2. The topological polar surface area (TPSA) is 124 Å². The molecule has 0 fully saturated rings. The van der Waals surface area contributed by atoms with Gasteiger partial charge in [-0.2, -0.15) is 8.42 Å². The molecule has 0 aromatic heterocycles. The summed E-state index contributed by atoms with van der Waals surface area (Å²) < 4.78 is 32.3. The predicted molar refractivity (Wildman–Crippen MR) is 176 cm³/mol. The van der Waals surface area contributed by atoms with Crippen LogP contribution in [0.5, 0.6) is 0 Å². The van der Waals surface area contributed by atoms with Crippen LogP contribution in [-0.2, 0) is 14.9 Å². The van der Waals surface area contributed by atoms with Gasteiger partial charge in [-0.15, -0.1) is 0 Å².